The van der Waals surface area contributed by atoms with Crippen molar-refractivity contribution in [1.82, 2.24) is 0 Å². The standard InChI is InChI=1S/C20H17FO3Si/c1-4-25(3)8-7-13-10-16-17(22)11-14-9-15(21)5-6-18(14)24-20(16)12-19(13)23-2/h4-6,9-10,12H,11H2,1-3H3/b25-4+. The maximum absolute atomic E-state index is 13.5. The fourth-order valence-corrected chi connectivity index (χ4v) is 3.02. The summed E-state index contributed by atoms with van der Waals surface area (Å²) in [6.07, 6.45) is 0.0881. The van der Waals surface area contributed by atoms with Gasteiger partial charge in [0.1, 0.15) is 23.1 Å². The third-order valence-corrected chi connectivity index (χ3v) is 5.41. The van der Waals surface area contributed by atoms with E-state index in [0.717, 1.165) is 0 Å². The number of ether oxygens (including phenoxy) is 2. The minimum absolute atomic E-state index is 0.0881. The van der Waals surface area contributed by atoms with E-state index in [9.17, 15) is 9.18 Å². The number of carbonyl (C=O) groups excluding carboxylic acids is 1. The van der Waals surface area contributed by atoms with Gasteiger partial charge in [-0.2, -0.15) is 0 Å². The highest BCUT2D eigenvalue weighted by atomic mass is 28.2. The summed E-state index contributed by atoms with van der Waals surface area (Å²) < 4.78 is 24.7. The van der Waals surface area contributed by atoms with Crippen molar-refractivity contribution in [3.05, 3.63) is 52.8 Å². The number of fused-ring (bicyclic) bond motifs is 2. The highest BCUT2D eigenvalue weighted by Crippen LogP contribution is 2.37. The fraction of sp³-hybridized carbons (Fsp3) is 0.200. The summed E-state index contributed by atoms with van der Waals surface area (Å²) >= 11 is 0. The molecule has 0 fully saturated rings. The number of benzene rings is 2. The van der Waals surface area contributed by atoms with E-state index < -0.39 is 14.2 Å². The van der Waals surface area contributed by atoms with Crippen LogP contribution in [0, 0.1) is 17.3 Å². The number of hydrogen-bond acceptors (Lipinski definition) is 3. The van der Waals surface area contributed by atoms with E-state index in [1.165, 1.54) is 18.2 Å². The van der Waals surface area contributed by atoms with Crippen molar-refractivity contribution >= 4 is 19.9 Å². The van der Waals surface area contributed by atoms with Crippen molar-refractivity contribution in [1.29, 1.82) is 0 Å². The van der Waals surface area contributed by atoms with Gasteiger partial charge in [-0.15, -0.1) is 5.54 Å². The zero-order valence-electron chi connectivity index (χ0n) is 14.3. The van der Waals surface area contributed by atoms with Gasteiger partial charge in [-0.25, -0.2) is 4.39 Å². The molecule has 1 heterocycles. The maximum atomic E-state index is 13.5. The summed E-state index contributed by atoms with van der Waals surface area (Å²) in [6.45, 7) is 4.08. The molecule has 0 bridgehead atoms. The first-order valence-corrected chi connectivity index (χ1v) is 9.96. The summed E-state index contributed by atoms with van der Waals surface area (Å²) in [6, 6.07) is 7.57. The van der Waals surface area contributed by atoms with Crippen molar-refractivity contribution in [2.45, 2.75) is 19.9 Å². The quantitative estimate of drug-likeness (QED) is 0.579. The third kappa shape index (κ3) is 3.54. The minimum Gasteiger partial charge on any atom is -0.495 e. The lowest BCUT2D eigenvalue weighted by Crippen LogP contribution is -2.03. The molecular formula is C20H17FO3Si. The van der Waals surface area contributed by atoms with E-state index in [1.54, 1.807) is 19.2 Å². The summed E-state index contributed by atoms with van der Waals surface area (Å²) in [7, 11) is 0.714. The SMILES string of the molecule is C/C=[Si](\C)C#Cc1cc2c(cc1OC)Oc1ccc(F)cc1CC2=O. The Balaban J connectivity index is 2.11. The van der Waals surface area contributed by atoms with Gasteiger partial charge in [0, 0.05) is 18.1 Å². The Hall–Kier alpha value is -2.71. The monoisotopic (exact) mass is 352 g/mol. The topological polar surface area (TPSA) is 35.5 Å². The first-order valence-electron chi connectivity index (χ1n) is 7.88. The number of rotatable bonds is 1. The summed E-state index contributed by atoms with van der Waals surface area (Å²) in [4.78, 5) is 12.6. The number of Topliss-reactive ketones (excluding diaryl/α,β-unsaturated/α-hetero) is 1. The molecule has 126 valence electrons. The third-order valence-electron chi connectivity index (χ3n) is 4.02. The molecule has 0 radical (unpaired) electrons. The normalized spacial score (nSPS) is 13.0. The van der Waals surface area contributed by atoms with E-state index in [4.69, 9.17) is 9.47 Å². The number of hydrogen-bond donors (Lipinski definition) is 0. The van der Waals surface area contributed by atoms with Crippen LogP contribution in [0.4, 0.5) is 4.39 Å². The van der Waals surface area contributed by atoms with Gasteiger partial charge in [-0.05, 0) is 30.8 Å². The van der Waals surface area contributed by atoms with Crippen LogP contribution in [0.1, 0.15) is 28.4 Å². The molecule has 3 rings (SSSR count). The van der Waals surface area contributed by atoms with Gasteiger partial charge in [-0.1, -0.05) is 18.5 Å². The second-order valence-electron chi connectivity index (χ2n) is 5.72. The number of halogens is 1. The van der Waals surface area contributed by atoms with Gasteiger partial charge in [0.05, 0.1) is 26.6 Å². The van der Waals surface area contributed by atoms with Crippen LogP contribution in [-0.4, -0.2) is 27.0 Å². The van der Waals surface area contributed by atoms with E-state index in [-0.39, 0.29) is 12.2 Å². The van der Waals surface area contributed by atoms with Gasteiger partial charge in [0.2, 0.25) is 0 Å². The second kappa shape index (κ2) is 7.04. The summed E-state index contributed by atoms with van der Waals surface area (Å²) in [5, 5.41) is 0. The van der Waals surface area contributed by atoms with Crippen LogP contribution in [0.25, 0.3) is 0 Å². The van der Waals surface area contributed by atoms with Crippen LogP contribution in [0.15, 0.2) is 30.3 Å². The van der Waals surface area contributed by atoms with Gasteiger partial charge >= 0.3 is 0 Å². The molecule has 0 saturated heterocycles. The smallest absolute Gasteiger partial charge is 0.171 e. The minimum atomic E-state index is -0.840. The van der Waals surface area contributed by atoms with Crippen LogP contribution < -0.4 is 9.47 Å². The van der Waals surface area contributed by atoms with Gasteiger partial charge < -0.3 is 9.47 Å². The Bertz CT molecular complexity index is 951. The van der Waals surface area contributed by atoms with Crippen molar-refractivity contribution in [2.24, 2.45) is 0 Å². The molecule has 3 nitrogen and oxygen atoms in total. The van der Waals surface area contributed by atoms with Crippen molar-refractivity contribution in [2.75, 3.05) is 7.11 Å². The van der Waals surface area contributed by atoms with Crippen LogP contribution in [-0.2, 0) is 6.42 Å². The Kier molecular flexibility index (Phi) is 4.82. The number of methoxy groups -OCH3 is 1. The van der Waals surface area contributed by atoms with E-state index in [1.807, 2.05) is 6.92 Å². The summed E-state index contributed by atoms with van der Waals surface area (Å²) in [5.74, 6) is 4.02. The Morgan fingerprint density at radius 3 is 2.80 bits per heavy atom. The predicted octanol–water partition coefficient (Wildman–Crippen LogP) is 3.78. The van der Waals surface area contributed by atoms with E-state index in [0.29, 0.717) is 33.9 Å². The molecule has 0 spiro atoms. The molecule has 25 heavy (non-hydrogen) atoms. The van der Waals surface area contributed by atoms with E-state index >= 15 is 0 Å². The zero-order valence-corrected chi connectivity index (χ0v) is 15.3. The van der Waals surface area contributed by atoms with Crippen molar-refractivity contribution < 1.29 is 18.7 Å². The molecule has 0 unspecified atom stereocenters. The first kappa shape index (κ1) is 17.1. The number of ketones is 1. The molecule has 2 aromatic carbocycles. The molecule has 1 aliphatic rings. The second-order valence-corrected chi connectivity index (χ2v) is 7.92. The first-order chi connectivity index (χ1) is 12.0. The molecule has 0 atom stereocenters. The summed E-state index contributed by atoms with van der Waals surface area (Å²) in [5.41, 5.74) is 6.92. The van der Waals surface area contributed by atoms with Gasteiger partial charge in [0.25, 0.3) is 0 Å². The van der Waals surface area contributed by atoms with Gasteiger partial charge in [-0.3, -0.25) is 4.79 Å². The number of carbonyl (C=O) groups is 1. The molecule has 0 N–H and O–H groups in total. The molecule has 0 saturated carbocycles. The maximum Gasteiger partial charge on any atom is 0.171 e. The predicted molar refractivity (Wildman–Crippen MR) is 97.7 cm³/mol. The lowest BCUT2D eigenvalue weighted by atomic mass is 10.0. The molecular weight excluding hydrogens is 335 g/mol. The van der Waals surface area contributed by atoms with Crippen LogP contribution in [0.5, 0.6) is 17.2 Å². The largest absolute Gasteiger partial charge is 0.495 e. The molecule has 0 amide bonds. The van der Waals surface area contributed by atoms with Crippen LogP contribution >= 0.6 is 0 Å². The van der Waals surface area contributed by atoms with Crippen molar-refractivity contribution in [3.63, 3.8) is 0 Å². The zero-order chi connectivity index (χ0) is 18.0. The Labute approximate surface area is 147 Å². The molecule has 0 aromatic heterocycles. The average molecular weight is 352 g/mol. The highest BCUT2D eigenvalue weighted by Gasteiger charge is 2.23. The average Bonchev–Trinajstić information content (AvgIpc) is 2.74. The molecule has 2 aromatic rings. The fourth-order valence-electron chi connectivity index (χ4n) is 2.54. The van der Waals surface area contributed by atoms with Crippen LogP contribution in [0.3, 0.4) is 0 Å². The Morgan fingerprint density at radius 1 is 1.28 bits per heavy atom. The molecule has 5 heteroatoms. The van der Waals surface area contributed by atoms with Crippen molar-refractivity contribution in [3.8, 4) is 28.7 Å². The lowest BCUT2D eigenvalue weighted by molar-refractivity contribution is 0.0993. The lowest BCUT2D eigenvalue weighted by Gasteiger charge is -2.11. The Morgan fingerprint density at radius 2 is 2.08 bits per heavy atom. The van der Waals surface area contributed by atoms with Gasteiger partial charge in [0.15, 0.2) is 5.78 Å². The van der Waals surface area contributed by atoms with Crippen LogP contribution in [0.2, 0.25) is 6.55 Å². The highest BCUT2D eigenvalue weighted by molar-refractivity contribution is 6.72. The molecule has 0 aliphatic carbocycles. The molecule has 1 aliphatic heterocycles. The van der Waals surface area contributed by atoms with E-state index in [2.05, 4.69) is 23.7 Å².